The van der Waals surface area contributed by atoms with Crippen molar-refractivity contribution in [2.75, 3.05) is 27.9 Å². The molecule has 0 saturated carbocycles. The zero-order valence-corrected chi connectivity index (χ0v) is 21.7. The number of aromatic nitrogens is 3. The molecule has 2 amide bonds. The van der Waals surface area contributed by atoms with Crippen LogP contribution >= 0.6 is 46.2 Å². The summed E-state index contributed by atoms with van der Waals surface area (Å²) in [6.45, 7) is 4.07. The summed E-state index contributed by atoms with van der Waals surface area (Å²) in [5.74, 6) is 0.285. The molecule has 0 aliphatic carbocycles. The molecular weight excluding hydrogens is 509 g/mol. The first-order valence-corrected chi connectivity index (χ1v) is 13.9. The van der Waals surface area contributed by atoms with Crippen LogP contribution in [0.4, 0.5) is 16.5 Å². The number of nitrogens with zero attached hydrogens (tertiary/aromatic N) is 3. The van der Waals surface area contributed by atoms with Gasteiger partial charge >= 0.3 is 0 Å². The minimum Gasteiger partial charge on any atom is -0.374 e. The Balaban J connectivity index is 1.33. The van der Waals surface area contributed by atoms with E-state index in [0.29, 0.717) is 15.2 Å². The Bertz CT molecular complexity index is 1340. The predicted molar refractivity (Wildman–Crippen MR) is 143 cm³/mol. The largest absolute Gasteiger partial charge is 0.374 e. The maximum atomic E-state index is 12.5. The maximum Gasteiger partial charge on any atom is 0.234 e. The summed E-state index contributed by atoms with van der Waals surface area (Å²) in [5, 5.41) is 13.9. The molecule has 0 bridgehead atoms. The Morgan fingerprint density at radius 1 is 1.00 bits per heavy atom. The van der Waals surface area contributed by atoms with Crippen LogP contribution in [-0.2, 0) is 16.0 Å². The van der Waals surface area contributed by atoms with E-state index in [1.807, 2.05) is 43.3 Å². The van der Waals surface area contributed by atoms with E-state index < -0.39 is 0 Å². The van der Waals surface area contributed by atoms with Gasteiger partial charge in [0.25, 0.3) is 0 Å². The SMILES string of the molecule is CCc1cccc(C)c1NC(=O)CSc1nc2ccc(NC(=O)CSc3nnc(N)s3)cc2s1. The van der Waals surface area contributed by atoms with Crippen molar-refractivity contribution in [3.05, 3.63) is 47.5 Å². The Kier molecular flexibility index (Phi) is 8.03. The van der Waals surface area contributed by atoms with Crippen molar-refractivity contribution in [3.8, 4) is 0 Å². The lowest BCUT2D eigenvalue weighted by molar-refractivity contribution is -0.114. The monoisotopic (exact) mass is 530 g/mol. The summed E-state index contributed by atoms with van der Waals surface area (Å²) in [4.78, 5) is 29.4. The van der Waals surface area contributed by atoms with Crippen molar-refractivity contribution < 1.29 is 9.59 Å². The Morgan fingerprint density at radius 3 is 2.50 bits per heavy atom. The zero-order valence-electron chi connectivity index (χ0n) is 18.5. The van der Waals surface area contributed by atoms with Gasteiger partial charge in [0.15, 0.2) is 8.68 Å². The molecule has 2 heterocycles. The van der Waals surface area contributed by atoms with Crippen molar-refractivity contribution >= 4 is 84.7 Å². The van der Waals surface area contributed by atoms with Gasteiger partial charge in [0, 0.05) is 11.4 Å². The molecule has 0 radical (unpaired) electrons. The normalized spacial score (nSPS) is 11.0. The predicted octanol–water partition coefficient (Wildman–Crippen LogP) is 5.06. The number of hydrogen-bond donors (Lipinski definition) is 3. The zero-order chi connectivity index (χ0) is 24.1. The number of hydrogen-bond acceptors (Lipinski definition) is 10. The summed E-state index contributed by atoms with van der Waals surface area (Å²) < 4.78 is 2.40. The van der Waals surface area contributed by atoms with E-state index in [2.05, 4.69) is 32.7 Å². The number of para-hydroxylation sites is 1. The summed E-state index contributed by atoms with van der Waals surface area (Å²) in [7, 11) is 0. The van der Waals surface area contributed by atoms with E-state index in [4.69, 9.17) is 5.73 Å². The lowest BCUT2D eigenvalue weighted by Crippen LogP contribution is -2.16. The van der Waals surface area contributed by atoms with Crippen molar-refractivity contribution in [1.29, 1.82) is 0 Å². The highest BCUT2D eigenvalue weighted by Crippen LogP contribution is 2.32. The van der Waals surface area contributed by atoms with E-state index in [1.165, 1.54) is 46.2 Å². The minimum absolute atomic E-state index is 0.0594. The average Bonchev–Trinajstić information content (AvgIpc) is 3.42. The number of anilines is 3. The molecular formula is C22H22N6O2S4. The van der Waals surface area contributed by atoms with Gasteiger partial charge in [-0.1, -0.05) is 60.0 Å². The van der Waals surface area contributed by atoms with Crippen LogP contribution in [0.15, 0.2) is 45.1 Å². The lowest BCUT2D eigenvalue weighted by atomic mass is 10.1. The van der Waals surface area contributed by atoms with Crippen LogP contribution in [0.2, 0.25) is 0 Å². The number of carbonyl (C=O) groups excluding carboxylic acids is 2. The van der Waals surface area contributed by atoms with Crippen molar-refractivity contribution in [2.45, 2.75) is 28.9 Å². The van der Waals surface area contributed by atoms with E-state index >= 15 is 0 Å². The quantitative estimate of drug-likeness (QED) is 0.257. The second kappa shape index (κ2) is 11.2. The summed E-state index contributed by atoms with van der Waals surface area (Å²) >= 11 is 5.44. The molecule has 0 fully saturated rings. The van der Waals surface area contributed by atoms with E-state index in [-0.39, 0.29) is 23.3 Å². The Morgan fingerprint density at radius 2 is 1.76 bits per heavy atom. The topological polar surface area (TPSA) is 123 Å². The molecule has 0 spiro atoms. The molecule has 12 heteroatoms. The van der Waals surface area contributed by atoms with Gasteiger partial charge in [-0.25, -0.2) is 4.98 Å². The number of fused-ring (bicyclic) bond motifs is 1. The smallest absolute Gasteiger partial charge is 0.234 e. The average molecular weight is 531 g/mol. The van der Waals surface area contributed by atoms with Crippen LogP contribution in [0.5, 0.6) is 0 Å². The number of carbonyl (C=O) groups is 2. The number of nitrogens with two attached hydrogens (primary N) is 1. The molecule has 34 heavy (non-hydrogen) atoms. The van der Waals surface area contributed by atoms with Crippen LogP contribution in [-0.4, -0.2) is 38.5 Å². The highest BCUT2D eigenvalue weighted by atomic mass is 32.2. The molecule has 4 aromatic rings. The second-order valence-electron chi connectivity index (χ2n) is 7.20. The van der Waals surface area contributed by atoms with Gasteiger partial charge in [0.1, 0.15) is 0 Å². The highest BCUT2D eigenvalue weighted by molar-refractivity contribution is 8.02. The van der Waals surface area contributed by atoms with Crippen molar-refractivity contribution in [2.24, 2.45) is 0 Å². The molecule has 0 atom stereocenters. The third-order valence-corrected chi connectivity index (χ3v) is 8.78. The van der Waals surface area contributed by atoms with Gasteiger partial charge in [-0.05, 0) is 42.7 Å². The van der Waals surface area contributed by atoms with Gasteiger partial charge in [-0.3, -0.25) is 9.59 Å². The van der Waals surface area contributed by atoms with Gasteiger partial charge < -0.3 is 16.4 Å². The maximum absolute atomic E-state index is 12.5. The molecule has 0 saturated heterocycles. The fraction of sp³-hybridized carbons (Fsp3) is 0.227. The molecule has 2 aromatic heterocycles. The number of nitrogens with one attached hydrogen (secondary N) is 2. The van der Waals surface area contributed by atoms with Gasteiger partial charge in [0.05, 0.1) is 21.7 Å². The summed E-state index contributed by atoms with van der Waals surface area (Å²) in [6, 6.07) is 11.6. The standard InChI is InChI=1S/C22H22N6O2S4/c1-3-13-6-4-5-12(2)19(13)26-18(30)11-31-21-25-15-8-7-14(9-16(15)33-21)24-17(29)10-32-22-28-27-20(23)34-22/h4-9H,3,10-11H2,1-2H3,(H2,23,27)(H,24,29)(H,26,30). The first kappa shape index (κ1) is 24.5. The summed E-state index contributed by atoms with van der Waals surface area (Å²) in [6.07, 6.45) is 0.858. The molecule has 4 N–H and O–H groups in total. The number of rotatable bonds is 9. The molecule has 4 rings (SSSR count). The fourth-order valence-electron chi connectivity index (χ4n) is 3.15. The van der Waals surface area contributed by atoms with E-state index in [1.54, 1.807) is 0 Å². The highest BCUT2D eigenvalue weighted by Gasteiger charge is 2.13. The Hall–Kier alpha value is -2.67. The van der Waals surface area contributed by atoms with Crippen molar-refractivity contribution in [3.63, 3.8) is 0 Å². The van der Waals surface area contributed by atoms with E-state index in [0.717, 1.165) is 37.8 Å². The third-order valence-electron chi connectivity index (χ3n) is 4.73. The fourth-order valence-corrected chi connectivity index (χ4v) is 6.49. The van der Waals surface area contributed by atoms with Gasteiger partial charge in [0.2, 0.25) is 16.9 Å². The number of nitrogen functional groups attached to an aromatic ring is 1. The Labute approximate surface area is 213 Å². The number of aryl methyl sites for hydroxylation is 2. The van der Waals surface area contributed by atoms with Crippen LogP contribution < -0.4 is 16.4 Å². The molecule has 2 aromatic carbocycles. The second-order valence-corrected chi connectivity index (χ2v) is 11.7. The van der Waals surface area contributed by atoms with Crippen LogP contribution in [0.25, 0.3) is 10.2 Å². The number of amides is 2. The molecule has 0 unspecified atom stereocenters. The molecule has 0 aliphatic rings. The van der Waals surface area contributed by atoms with Crippen molar-refractivity contribution in [1.82, 2.24) is 15.2 Å². The lowest BCUT2D eigenvalue weighted by Gasteiger charge is -2.12. The van der Waals surface area contributed by atoms with Crippen LogP contribution in [0.3, 0.4) is 0 Å². The van der Waals surface area contributed by atoms with Gasteiger partial charge in [-0.2, -0.15) is 0 Å². The van der Waals surface area contributed by atoms with E-state index in [9.17, 15) is 9.59 Å². The first-order valence-electron chi connectivity index (χ1n) is 10.3. The first-order chi connectivity index (χ1) is 16.4. The number of benzene rings is 2. The summed E-state index contributed by atoms with van der Waals surface area (Å²) in [5.41, 5.74) is 10.2. The van der Waals surface area contributed by atoms with Crippen LogP contribution in [0.1, 0.15) is 18.1 Å². The third kappa shape index (κ3) is 6.26. The number of thioether (sulfide) groups is 2. The molecule has 0 aliphatic heterocycles. The molecule has 8 nitrogen and oxygen atoms in total. The minimum atomic E-state index is -0.142. The van der Waals surface area contributed by atoms with Crippen LogP contribution in [0, 0.1) is 6.92 Å². The molecule has 176 valence electrons. The van der Waals surface area contributed by atoms with Gasteiger partial charge in [-0.15, -0.1) is 21.5 Å². The number of thiazole rings is 1.